The maximum absolute atomic E-state index is 12.0. The summed E-state index contributed by atoms with van der Waals surface area (Å²) in [5.74, 6) is 0.339. The van der Waals surface area contributed by atoms with Crippen LogP contribution in [0.5, 0.6) is 0 Å². The van der Waals surface area contributed by atoms with Crippen molar-refractivity contribution >= 4 is 11.6 Å². The van der Waals surface area contributed by atoms with Gasteiger partial charge < -0.3 is 11.1 Å². The first-order chi connectivity index (χ1) is 8.04. The highest BCUT2D eigenvalue weighted by Gasteiger charge is 2.18. The van der Waals surface area contributed by atoms with Crippen molar-refractivity contribution in [1.29, 1.82) is 0 Å². The van der Waals surface area contributed by atoms with E-state index in [1.165, 1.54) is 0 Å². The van der Waals surface area contributed by atoms with Gasteiger partial charge in [0, 0.05) is 24.6 Å². The van der Waals surface area contributed by atoms with Gasteiger partial charge in [0.25, 0.3) is 0 Å². The van der Waals surface area contributed by atoms with Crippen LogP contribution in [0, 0.1) is 18.8 Å². The van der Waals surface area contributed by atoms with Gasteiger partial charge >= 0.3 is 0 Å². The fraction of sp³-hybridized carbons (Fsp3) is 0.538. The third-order valence-electron chi connectivity index (χ3n) is 2.69. The standard InChI is InChI=1S/C13H21N3O/c1-9(2)6-11(7-14)13(17)16-12-4-5-15-8-10(12)3/h4-5,8-9,11H,6-7,14H2,1-3H3,(H,15,16,17). The molecule has 0 aliphatic rings. The number of nitrogens with one attached hydrogen (secondary N) is 1. The number of aryl methyl sites for hydroxylation is 1. The summed E-state index contributed by atoms with van der Waals surface area (Å²) in [7, 11) is 0. The van der Waals surface area contributed by atoms with Gasteiger partial charge in [-0.2, -0.15) is 0 Å². The van der Waals surface area contributed by atoms with Gasteiger partial charge in [-0.3, -0.25) is 9.78 Å². The first-order valence-electron chi connectivity index (χ1n) is 5.96. The SMILES string of the molecule is Cc1cnccc1NC(=O)C(CN)CC(C)C. The molecule has 1 heterocycles. The van der Waals surface area contributed by atoms with Crippen LogP contribution in [0.25, 0.3) is 0 Å². The maximum atomic E-state index is 12.0. The number of aromatic nitrogens is 1. The highest BCUT2D eigenvalue weighted by atomic mass is 16.1. The second-order valence-corrected chi connectivity index (χ2v) is 4.74. The topological polar surface area (TPSA) is 68.0 Å². The molecule has 0 aliphatic heterocycles. The zero-order valence-corrected chi connectivity index (χ0v) is 10.7. The number of pyridine rings is 1. The lowest BCUT2D eigenvalue weighted by atomic mass is 9.96. The summed E-state index contributed by atoms with van der Waals surface area (Å²) in [6.07, 6.45) is 4.21. The molecule has 1 rings (SSSR count). The molecular weight excluding hydrogens is 214 g/mol. The van der Waals surface area contributed by atoms with Crippen molar-refractivity contribution in [3.05, 3.63) is 24.0 Å². The maximum Gasteiger partial charge on any atom is 0.228 e. The number of amides is 1. The molecule has 94 valence electrons. The molecule has 1 unspecified atom stereocenters. The van der Waals surface area contributed by atoms with Gasteiger partial charge in [0.15, 0.2) is 0 Å². The Kier molecular flexibility index (Phi) is 5.10. The molecule has 1 atom stereocenters. The fourth-order valence-corrected chi connectivity index (χ4v) is 1.73. The van der Waals surface area contributed by atoms with E-state index in [2.05, 4.69) is 24.1 Å². The van der Waals surface area contributed by atoms with Crippen molar-refractivity contribution in [1.82, 2.24) is 4.98 Å². The number of nitrogens with two attached hydrogens (primary N) is 1. The number of hydrogen-bond donors (Lipinski definition) is 2. The van der Waals surface area contributed by atoms with Gasteiger partial charge in [-0.1, -0.05) is 13.8 Å². The van der Waals surface area contributed by atoms with Crippen molar-refractivity contribution in [2.75, 3.05) is 11.9 Å². The lowest BCUT2D eigenvalue weighted by molar-refractivity contribution is -0.120. The minimum Gasteiger partial charge on any atom is -0.330 e. The van der Waals surface area contributed by atoms with E-state index in [4.69, 9.17) is 5.73 Å². The second kappa shape index (κ2) is 6.35. The number of nitrogens with zero attached hydrogens (tertiary/aromatic N) is 1. The first kappa shape index (κ1) is 13.6. The van der Waals surface area contributed by atoms with E-state index in [9.17, 15) is 4.79 Å². The van der Waals surface area contributed by atoms with E-state index >= 15 is 0 Å². The molecule has 0 saturated heterocycles. The fourth-order valence-electron chi connectivity index (χ4n) is 1.73. The van der Waals surface area contributed by atoms with Gasteiger partial charge in [-0.25, -0.2) is 0 Å². The lowest BCUT2D eigenvalue weighted by Crippen LogP contribution is -2.30. The van der Waals surface area contributed by atoms with E-state index in [-0.39, 0.29) is 11.8 Å². The molecule has 1 amide bonds. The van der Waals surface area contributed by atoms with Crippen molar-refractivity contribution < 1.29 is 4.79 Å². The molecule has 0 bridgehead atoms. The van der Waals surface area contributed by atoms with Crippen LogP contribution in [0.4, 0.5) is 5.69 Å². The van der Waals surface area contributed by atoms with Gasteiger partial charge in [-0.15, -0.1) is 0 Å². The number of carbonyl (C=O) groups is 1. The summed E-state index contributed by atoms with van der Waals surface area (Å²) in [5, 5.41) is 2.91. The molecule has 17 heavy (non-hydrogen) atoms. The van der Waals surface area contributed by atoms with Crippen molar-refractivity contribution in [3.8, 4) is 0 Å². The van der Waals surface area contributed by atoms with Crippen LogP contribution in [0.15, 0.2) is 18.5 Å². The Morgan fingerprint density at radius 1 is 1.53 bits per heavy atom. The zero-order chi connectivity index (χ0) is 12.8. The highest BCUT2D eigenvalue weighted by molar-refractivity contribution is 5.93. The predicted molar refractivity (Wildman–Crippen MR) is 69.6 cm³/mol. The molecule has 1 aromatic heterocycles. The Morgan fingerprint density at radius 3 is 2.76 bits per heavy atom. The molecular formula is C13H21N3O. The van der Waals surface area contributed by atoms with E-state index in [0.29, 0.717) is 12.5 Å². The average molecular weight is 235 g/mol. The van der Waals surface area contributed by atoms with Crippen LogP contribution < -0.4 is 11.1 Å². The van der Waals surface area contributed by atoms with Crippen LogP contribution in [0.2, 0.25) is 0 Å². The largest absolute Gasteiger partial charge is 0.330 e. The van der Waals surface area contributed by atoms with Crippen LogP contribution in [-0.4, -0.2) is 17.4 Å². The quantitative estimate of drug-likeness (QED) is 0.819. The normalized spacial score (nSPS) is 12.5. The van der Waals surface area contributed by atoms with Crippen LogP contribution in [-0.2, 0) is 4.79 Å². The second-order valence-electron chi connectivity index (χ2n) is 4.74. The van der Waals surface area contributed by atoms with Gasteiger partial charge in [0.1, 0.15) is 0 Å². The van der Waals surface area contributed by atoms with E-state index in [1.807, 2.05) is 6.92 Å². The van der Waals surface area contributed by atoms with Crippen LogP contribution >= 0.6 is 0 Å². The Morgan fingerprint density at radius 2 is 2.24 bits per heavy atom. The Labute approximate surface area is 103 Å². The summed E-state index contributed by atoms with van der Waals surface area (Å²) in [6, 6.07) is 1.80. The molecule has 0 aliphatic carbocycles. The van der Waals surface area contributed by atoms with Gasteiger partial charge in [0.05, 0.1) is 5.92 Å². The van der Waals surface area contributed by atoms with Crippen LogP contribution in [0.3, 0.4) is 0 Å². The molecule has 0 radical (unpaired) electrons. The molecule has 3 N–H and O–H groups in total. The smallest absolute Gasteiger partial charge is 0.228 e. The summed E-state index contributed by atoms with van der Waals surface area (Å²) < 4.78 is 0. The minimum atomic E-state index is -0.123. The van der Waals surface area contributed by atoms with E-state index in [1.54, 1.807) is 18.5 Å². The molecule has 0 spiro atoms. The molecule has 4 nitrogen and oxygen atoms in total. The molecule has 1 aromatic rings. The van der Waals surface area contributed by atoms with Gasteiger partial charge in [0.2, 0.25) is 5.91 Å². The van der Waals surface area contributed by atoms with Crippen LogP contribution in [0.1, 0.15) is 25.8 Å². The van der Waals surface area contributed by atoms with Crippen molar-refractivity contribution in [2.24, 2.45) is 17.6 Å². The summed E-state index contributed by atoms with van der Waals surface area (Å²) >= 11 is 0. The molecule has 4 heteroatoms. The third-order valence-corrected chi connectivity index (χ3v) is 2.69. The van der Waals surface area contributed by atoms with Crippen molar-refractivity contribution in [3.63, 3.8) is 0 Å². The molecule has 0 saturated carbocycles. The molecule has 0 aromatic carbocycles. The van der Waals surface area contributed by atoms with E-state index in [0.717, 1.165) is 17.7 Å². The number of hydrogen-bond acceptors (Lipinski definition) is 3. The van der Waals surface area contributed by atoms with Crippen molar-refractivity contribution in [2.45, 2.75) is 27.2 Å². The summed E-state index contributed by atoms with van der Waals surface area (Å²) in [4.78, 5) is 16.0. The lowest BCUT2D eigenvalue weighted by Gasteiger charge is -2.17. The predicted octanol–water partition coefficient (Wildman–Crippen LogP) is 1.95. The minimum absolute atomic E-state index is 0.00417. The zero-order valence-electron chi connectivity index (χ0n) is 10.7. The Bertz CT molecular complexity index is 377. The third kappa shape index (κ3) is 4.15. The summed E-state index contributed by atoms with van der Waals surface area (Å²) in [5.41, 5.74) is 7.41. The molecule has 0 fully saturated rings. The number of rotatable bonds is 5. The van der Waals surface area contributed by atoms with E-state index < -0.39 is 0 Å². The summed E-state index contributed by atoms with van der Waals surface area (Å²) in [6.45, 7) is 6.48. The average Bonchev–Trinajstić information content (AvgIpc) is 2.28. The Hall–Kier alpha value is -1.42. The monoisotopic (exact) mass is 235 g/mol. The first-order valence-corrected chi connectivity index (χ1v) is 5.96. The number of carbonyl (C=O) groups excluding carboxylic acids is 1. The Balaban J connectivity index is 2.67. The number of anilines is 1. The van der Waals surface area contributed by atoms with Gasteiger partial charge in [-0.05, 0) is 30.9 Å². The highest BCUT2D eigenvalue weighted by Crippen LogP contribution is 2.16.